The molecule has 0 atom stereocenters. The van der Waals surface area contributed by atoms with Gasteiger partial charge in [-0.2, -0.15) is 0 Å². The number of aliphatic carboxylic acids is 2. The number of carboxylic acids is 2. The Bertz CT molecular complexity index is 1730. The third kappa shape index (κ3) is 6.21. The van der Waals surface area contributed by atoms with E-state index in [-0.39, 0.29) is 45.2 Å². The van der Waals surface area contributed by atoms with Gasteiger partial charge < -0.3 is 40.3 Å². The Labute approximate surface area is 256 Å². The summed E-state index contributed by atoms with van der Waals surface area (Å²) in [7, 11) is 2.72. The highest BCUT2D eigenvalue weighted by Crippen LogP contribution is 2.39. The number of carbonyl (C=O) groups excluding carboxylic acids is 4. The fourth-order valence-corrected chi connectivity index (χ4v) is 6.92. The van der Waals surface area contributed by atoms with Gasteiger partial charge >= 0.3 is 11.9 Å². The first-order valence-corrected chi connectivity index (χ1v) is 15.2. The van der Waals surface area contributed by atoms with Gasteiger partial charge in [0.15, 0.2) is 13.2 Å². The van der Waals surface area contributed by atoms with Crippen LogP contribution in [0.1, 0.15) is 32.1 Å². The van der Waals surface area contributed by atoms with E-state index in [0.717, 1.165) is 0 Å². The predicted molar refractivity (Wildman–Crippen MR) is 162 cm³/mol. The van der Waals surface area contributed by atoms with Crippen molar-refractivity contribution in [2.24, 2.45) is 11.5 Å². The maximum Gasteiger partial charge on any atom is 0.341 e. The van der Waals surface area contributed by atoms with Crippen LogP contribution in [0.2, 0.25) is 0 Å². The lowest BCUT2D eigenvalue weighted by atomic mass is 10.1. The van der Waals surface area contributed by atoms with E-state index in [1.165, 1.54) is 33.7 Å². The zero-order valence-electron chi connectivity index (χ0n) is 23.3. The molecular weight excluding hydrogens is 616 g/mol. The van der Waals surface area contributed by atoms with E-state index in [0.29, 0.717) is 22.4 Å². The minimum absolute atomic E-state index is 0.00910. The normalized spacial score (nSPS) is 11.0. The lowest BCUT2D eigenvalue weighted by Gasteiger charge is -2.11. The molecule has 0 bridgehead atoms. The zero-order valence-corrected chi connectivity index (χ0v) is 25.0. The molecule has 0 saturated carbocycles. The van der Waals surface area contributed by atoms with Gasteiger partial charge in [-0.15, -0.1) is 0 Å². The molecule has 230 valence electrons. The van der Waals surface area contributed by atoms with Crippen LogP contribution in [0.15, 0.2) is 36.4 Å². The molecule has 4 rings (SSSR count). The molecule has 0 aliphatic heterocycles. The third-order valence-corrected chi connectivity index (χ3v) is 8.70. The van der Waals surface area contributed by atoms with Gasteiger partial charge in [0.05, 0.1) is 44.7 Å². The summed E-state index contributed by atoms with van der Waals surface area (Å²) in [5, 5.41) is 18.7. The molecule has 2 amide bonds. The van der Waals surface area contributed by atoms with Gasteiger partial charge in [-0.05, 0) is 38.1 Å². The monoisotopic (exact) mass is 642 g/mol. The van der Waals surface area contributed by atoms with Gasteiger partial charge in [0.25, 0.3) is 23.4 Å². The number of rotatable bonds is 15. The topological polar surface area (TPSA) is 223 Å². The number of benzene rings is 2. The lowest BCUT2D eigenvalue weighted by Crippen LogP contribution is -2.24. The Morgan fingerprint density at radius 1 is 0.682 bits per heavy atom. The van der Waals surface area contributed by atoms with Gasteiger partial charge in [0.1, 0.15) is 11.5 Å². The molecule has 44 heavy (non-hydrogen) atoms. The molecule has 4 aromatic rings. The van der Waals surface area contributed by atoms with E-state index in [1.54, 1.807) is 47.2 Å². The second-order valence-electron chi connectivity index (χ2n) is 9.32. The summed E-state index contributed by atoms with van der Waals surface area (Å²) >= 11 is 0. The van der Waals surface area contributed by atoms with Crippen molar-refractivity contribution < 1.29 is 48.5 Å². The fourth-order valence-electron chi connectivity index (χ4n) is 4.82. The van der Waals surface area contributed by atoms with Crippen LogP contribution in [0.4, 0.5) is 0 Å². The van der Waals surface area contributed by atoms with Crippen molar-refractivity contribution in [2.45, 2.75) is 25.6 Å². The van der Waals surface area contributed by atoms with Crippen LogP contribution in [0.5, 0.6) is 11.5 Å². The quantitative estimate of drug-likeness (QED) is 0.0635. The van der Waals surface area contributed by atoms with Crippen molar-refractivity contribution in [3.05, 3.63) is 58.9 Å². The molecule has 2 aromatic heterocycles. The van der Waals surface area contributed by atoms with Crippen molar-refractivity contribution in [1.29, 1.82) is 0 Å². The molecule has 0 spiro atoms. The number of ether oxygens (including phenoxy) is 2. The summed E-state index contributed by atoms with van der Waals surface area (Å²) in [4.78, 5) is 71.5. The minimum Gasteiger partial charge on any atom is -0.481 e. The molecule has 6 N–H and O–H groups in total. The van der Waals surface area contributed by atoms with E-state index < -0.39 is 48.5 Å². The number of amides is 2. The number of carboxylic acid groups (broad SMARTS) is 2. The van der Waals surface area contributed by atoms with E-state index >= 15 is 0 Å². The van der Waals surface area contributed by atoms with Crippen molar-refractivity contribution in [1.82, 2.24) is 9.13 Å². The van der Waals surface area contributed by atoms with Crippen LogP contribution < -0.4 is 20.9 Å². The Morgan fingerprint density at radius 2 is 1.05 bits per heavy atom. The van der Waals surface area contributed by atoms with Crippen molar-refractivity contribution >= 4 is 78.7 Å². The summed E-state index contributed by atoms with van der Waals surface area (Å²) in [5.41, 5.74) is 12.5. The molecule has 0 aliphatic carbocycles. The van der Waals surface area contributed by atoms with Gasteiger partial charge in [-0.25, -0.2) is 9.59 Å². The molecule has 0 fully saturated rings. The fraction of sp³-hybridized carbons (Fsp3) is 0.214. The summed E-state index contributed by atoms with van der Waals surface area (Å²) < 4.78 is 14.3. The molecule has 0 aliphatic rings. The molecular formula is C28H26N4O10S2. The molecule has 0 unspecified atom stereocenters. The number of nitrogens with zero attached hydrogens (tertiary/aromatic N) is 2. The number of hydrogen-bond acceptors (Lipinski definition) is 10. The number of ketones is 2. The van der Waals surface area contributed by atoms with Crippen LogP contribution in [0, 0.1) is 13.8 Å². The summed E-state index contributed by atoms with van der Waals surface area (Å²) in [6, 6.07) is 9.64. The Kier molecular flexibility index (Phi) is 9.54. The first kappa shape index (κ1) is 32.0. The number of fused-ring (bicyclic) bond motifs is 2. The Morgan fingerprint density at radius 3 is 1.36 bits per heavy atom. The molecule has 14 nitrogen and oxygen atoms in total. The smallest absolute Gasteiger partial charge is 0.341 e. The molecule has 0 radical (unpaired) electrons. The van der Waals surface area contributed by atoms with Crippen LogP contribution in [0.3, 0.4) is 0 Å². The SMILES string of the molecule is Cc1c(C(=O)C(N)=O)c2c(OCC(=O)O)cccc2n1CSSCn1c(C)c(C(=O)C(N)=O)c2c(OCC(=O)O)cccc21. The van der Waals surface area contributed by atoms with E-state index in [9.17, 15) is 28.8 Å². The first-order valence-electron chi connectivity index (χ1n) is 12.7. The second-order valence-corrected chi connectivity index (χ2v) is 11.7. The Hall–Kier alpha value is -4.96. The largest absolute Gasteiger partial charge is 0.481 e. The molecule has 2 aromatic carbocycles. The van der Waals surface area contributed by atoms with Gasteiger partial charge in [0.2, 0.25) is 0 Å². The number of carbonyl (C=O) groups is 6. The van der Waals surface area contributed by atoms with Crippen molar-refractivity contribution in [3.63, 3.8) is 0 Å². The highest BCUT2D eigenvalue weighted by Gasteiger charge is 2.28. The van der Waals surface area contributed by atoms with Crippen LogP contribution in [-0.2, 0) is 30.9 Å². The van der Waals surface area contributed by atoms with Crippen molar-refractivity contribution in [3.8, 4) is 11.5 Å². The lowest BCUT2D eigenvalue weighted by molar-refractivity contribution is -0.140. The molecule has 2 heterocycles. The van der Waals surface area contributed by atoms with Gasteiger partial charge in [-0.1, -0.05) is 33.7 Å². The number of aromatic nitrogens is 2. The van der Waals surface area contributed by atoms with E-state index in [1.807, 2.05) is 0 Å². The standard InChI is InChI=1S/C28H26N4O10S2/c1-13-21(25(37)27(29)39)23-15(5-3-7-17(23)41-9-19(33)34)31(13)11-43-44-12-32-14(2)22(26(38)28(30)40)24-16(32)6-4-8-18(24)42-10-20(35)36/h3-8H,9-12H2,1-2H3,(H2,29,39)(H2,30,40)(H,33,34)(H,35,36). The molecule has 0 saturated heterocycles. The highest BCUT2D eigenvalue weighted by molar-refractivity contribution is 8.76. The number of Topliss-reactive ketones (excluding diaryl/α,β-unsaturated/α-hetero) is 2. The zero-order chi connectivity index (χ0) is 32.3. The third-order valence-electron chi connectivity index (χ3n) is 6.67. The first-order chi connectivity index (χ1) is 20.8. The van der Waals surface area contributed by atoms with Crippen molar-refractivity contribution in [2.75, 3.05) is 13.2 Å². The van der Waals surface area contributed by atoms with E-state index in [2.05, 4.69) is 0 Å². The van der Waals surface area contributed by atoms with Crippen LogP contribution in [0.25, 0.3) is 21.8 Å². The number of primary amides is 2. The maximum atomic E-state index is 12.8. The maximum absolute atomic E-state index is 12.8. The van der Waals surface area contributed by atoms with Gasteiger partial charge in [0, 0.05) is 11.4 Å². The van der Waals surface area contributed by atoms with Gasteiger partial charge in [-0.3, -0.25) is 19.2 Å². The average Bonchev–Trinajstić information content (AvgIpc) is 3.42. The number of nitrogens with two attached hydrogens (primary N) is 2. The summed E-state index contributed by atoms with van der Waals surface area (Å²) in [5.74, 6) is -5.94. The van der Waals surface area contributed by atoms with Crippen LogP contribution in [-0.4, -0.2) is 67.9 Å². The average molecular weight is 643 g/mol. The summed E-state index contributed by atoms with van der Waals surface area (Å²) in [6.07, 6.45) is 0. The van der Waals surface area contributed by atoms with E-state index in [4.69, 9.17) is 31.2 Å². The molecule has 16 heteroatoms. The second kappa shape index (κ2) is 13.1. The minimum atomic E-state index is -1.22. The van der Waals surface area contributed by atoms with Crippen LogP contribution >= 0.6 is 21.6 Å². The highest BCUT2D eigenvalue weighted by atomic mass is 33.1. The summed E-state index contributed by atoms with van der Waals surface area (Å²) in [6.45, 7) is 1.94. The number of hydrogen-bond donors (Lipinski definition) is 4. The predicted octanol–water partition coefficient (Wildman–Crippen LogP) is 2.47. The Balaban J connectivity index is 1.67.